The van der Waals surface area contributed by atoms with Crippen molar-refractivity contribution in [2.75, 3.05) is 0 Å². The topological polar surface area (TPSA) is 82.5 Å². The minimum absolute atomic E-state index is 0.168. The van der Waals surface area contributed by atoms with Crippen LogP contribution in [0, 0.1) is 0 Å². The molecule has 14 heavy (non-hydrogen) atoms. The van der Waals surface area contributed by atoms with Crippen LogP contribution in [-0.2, 0) is 10.3 Å². The Balaban J connectivity index is 2.44. The molecule has 2 rings (SSSR count). The van der Waals surface area contributed by atoms with E-state index in [1.165, 1.54) is 18.4 Å². The second-order valence-electron chi connectivity index (χ2n) is 2.70. The van der Waals surface area contributed by atoms with Gasteiger partial charge in [0.05, 0.1) is 6.26 Å². The molecule has 0 aliphatic rings. The van der Waals surface area contributed by atoms with Gasteiger partial charge in [0.15, 0.2) is 0 Å². The third kappa shape index (κ3) is 1.86. The zero-order valence-corrected chi connectivity index (χ0v) is 7.82. The first-order chi connectivity index (χ1) is 6.54. The normalized spacial score (nSPS) is 11.8. The molecule has 74 valence electrons. The lowest BCUT2D eigenvalue weighted by atomic mass is 10.2. The monoisotopic (exact) mass is 213 g/mol. The Bertz CT molecular complexity index is 557. The van der Waals surface area contributed by atoms with Gasteiger partial charge in [0.1, 0.15) is 11.3 Å². The summed E-state index contributed by atoms with van der Waals surface area (Å²) in [6.07, 6.45) is 1.51. The fraction of sp³-hybridized carbons (Fsp3) is 0. The molecule has 0 amide bonds. The van der Waals surface area contributed by atoms with Crippen LogP contribution in [0.3, 0.4) is 0 Å². The molecule has 0 atom stereocenters. The van der Waals surface area contributed by atoms with E-state index in [2.05, 4.69) is 4.18 Å². The summed E-state index contributed by atoms with van der Waals surface area (Å²) in [4.78, 5) is 0. The van der Waals surface area contributed by atoms with Crippen LogP contribution in [0.15, 0.2) is 34.9 Å². The van der Waals surface area contributed by atoms with Crippen LogP contribution >= 0.6 is 0 Å². The van der Waals surface area contributed by atoms with E-state index in [1.54, 1.807) is 12.1 Å². The van der Waals surface area contributed by atoms with Gasteiger partial charge in [0, 0.05) is 5.39 Å². The number of furan rings is 1. The Labute approximate surface area is 80.3 Å². The maximum Gasteiger partial charge on any atom is 0.380 e. The Morgan fingerprint density at radius 1 is 1.29 bits per heavy atom. The van der Waals surface area contributed by atoms with E-state index in [0.717, 1.165) is 5.39 Å². The summed E-state index contributed by atoms with van der Waals surface area (Å²) in [6, 6.07) is 6.31. The average Bonchev–Trinajstić information content (AvgIpc) is 2.47. The van der Waals surface area contributed by atoms with E-state index in [-0.39, 0.29) is 5.75 Å². The molecular formula is C8H7NO4S. The highest BCUT2D eigenvalue weighted by atomic mass is 32.2. The van der Waals surface area contributed by atoms with Crippen molar-refractivity contribution in [2.45, 2.75) is 0 Å². The van der Waals surface area contributed by atoms with Gasteiger partial charge in [-0.25, -0.2) is 0 Å². The van der Waals surface area contributed by atoms with Gasteiger partial charge in [-0.2, -0.15) is 13.6 Å². The molecule has 1 heterocycles. The Morgan fingerprint density at radius 2 is 2.07 bits per heavy atom. The van der Waals surface area contributed by atoms with E-state index in [0.29, 0.717) is 5.58 Å². The second-order valence-corrected chi connectivity index (χ2v) is 3.85. The molecule has 2 aromatic rings. The second kappa shape index (κ2) is 3.00. The van der Waals surface area contributed by atoms with Crippen LogP contribution in [0.5, 0.6) is 5.75 Å². The third-order valence-electron chi connectivity index (χ3n) is 1.64. The van der Waals surface area contributed by atoms with Crippen LogP contribution in [0.4, 0.5) is 0 Å². The highest BCUT2D eigenvalue weighted by molar-refractivity contribution is 7.84. The highest BCUT2D eigenvalue weighted by Gasteiger charge is 2.06. The molecule has 5 nitrogen and oxygen atoms in total. The lowest BCUT2D eigenvalue weighted by Crippen LogP contribution is -2.18. The Hall–Kier alpha value is -1.53. The quantitative estimate of drug-likeness (QED) is 0.807. The molecule has 1 aromatic carbocycles. The summed E-state index contributed by atoms with van der Waals surface area (Å²) in [7, 11) is -3.96. The van der Waals surface area contributed by atoms with Crippen molar-refractivity contribution in [2.24, 2.45) is 5.14 Å². The van der Waals surface area contributed by atoms with E-state index < -0.39 is 10.3 Å². The lowest BCUT2D eigenvalue weighted by molar-refractivity contribution is 0.488. The fourth-order valence-corrected chi connectivity index (χ4v) is 1.50. The van der Waals surface area contributed by atoms with Crippen molar-refractivity contribution in [3.05, 3.63) is 30.5 Å². The molecule has 2 N–H and O–H groups in total. The van der Waals surface area contributed by atoms with Gasteiger partial charge in [-0.05, 0) is 24.3 Å². The van der Waals surface area contributed by atoms with Gasteiger partial charge < -0.3 is 8.60 Å². The standard InChI is InChI=1S/C8H7NO4S/c9-14(10,11)13-7-1-2-8-6(5-7)3-4-12-8/h1-5H,(H2,9,10,11). The van der Waals surface area contributed by atoms with Crippen molar-refractivity contribution >= 4 is 21.3 Å². The van der Waals surface area contributed by atoms with Gasteiger partial charge in [0.25, 0.3) is 0 Å². The number of fused-ring (bicyclic) bond motifs is 1. The van der Waals surface area contributed by atoms with Crippen molar-refractivity contribution in [3.63, 3.8) is 0 Å². The first-order valence-corrected chi connectivity index (χ1v) is 5.21. The van der Waals surface area contributed by atoms with Crippen LogP contribution in [0.1, 0.15) is 0 Å². The largest absolute Gasteiger partial charge is 0.464 e. The first-order valence-electron chi connectivity index (χ1n) is 3.74. The van der Waals surface area contributed by atoms with Crippen molar-refractivity contribution in [3.8, 4) is 5.75 Å². The van der Waals surface area contributed by atoms with Gasteiger partial charge in [0.2, 0.25) is 0 Å². The maximum absolute atomic E-state index is 10.6. The van der Waals surface area contributed by atoms with Crippen LogP contribution in [0.25, 0.3) is 11.0 Å². The van der Waals surface area contributed by atoms with Crippen LogP contribution in [-0.4, -0.2) is 8.42 Å². The molecular weight excluding hydrogens is 206 g/mol. The lowest BCUT2D eigenvalue weighted by Gasteiger charge is -2.00. The van der Waals surface area contributed by atoms with Gasteiger partial charge in [-0.15, -0.1) is 0 Å². The smallest absolute Gasteiger partial charge is 0.380 e. The van der Waals surface area contributed by atoms with E-state index in [9.17, 15) is 8.42 Å². The SMILES string of the molecule is NS(=O)(=O)Oc1ccc2occc2c1. The van der Waals surface area contributed by atoms with E-state index >= 15 is 0 Å². The molecule has 1 aromatic heterocycles. The van der Waals surface area contributed by atoms with Crippen LogP contribution in [0.2, 0.25) is 0 Å². The molecule has 0 bridgehead atoms. The molecule has 0 fully saturated rings. The van der Waals surface area contributed by atoms with E-state index in [4.69, 9.17) is 9.56 Å². The van der Waals surface area contributed by atoms with Gasteiger partial charge >= 0.3 is 10.3 Å². The van der Waals surface area contributed by atoms with Crippen molar-refractivity contribution in [1.29, 1.82) is 0 Å². The summed E-state index contributed by atoms with van der Waals surface area (Å²) in [5, 5.41) is 5.47. The third-order valence-corrected chi connectivity index (χ3v) is 2.06. The van der Waals surface area contributed by atoms with E-state index in [1.807, 2.05) is 0 Å². The number of benzene rings is 1. The zero-order valence-electron chi connectivity index (χ0n) is 7.01. The molecule has 0 radical (unpaired) electrons. The van der Waals surface area contributed by atoms with Crippen LogP contribution < -0.4 is 9.32 Å². The predicted molar refractivity (Wildman–Crippen MR) is 49.9 cm³/mol. The first kappa shape index (κ1) is 9.04. The molecule has 0 saturated heterocycles. The molecule has 6 heteroatoms. The minimum Gasteiger partial charge on any atom is -0.464 e. The summed E-state index contributed by atoms with van der Waals surface area (Å²) in [6.45, 7) is 0. The fourth-order valence-electron chi connectivity index (χ4n) is 1.13. The molecule has 0 aliphatic carbocycles. The maximum atomic E-state index is 10.6. The predicted octanol–water partition coefficient (Wildman–Crippen LogP) is 1.02. The zero-order chi connectivity index (χ0) is 10.2. The number of hydrogen-bond donors (Lipinski definition) is 1. The summed E-state index contributed by atoms with van der Waals surface area (Å²) >= 11 is 0. The summed E-state index contributed by atoms with van der Waals surface area (Å²) in [5.74, 6) is 0.168. The number of nitrogens with two attached hydrogens (primary N) is 1. The van der Waals surface area contributed by atoms with Gasteiger partial charge in [-0.3, -0.25) is 0 Å². The Kier molecular flexibility index (Phi) is 1.94. The number of rotatable bonds is 2. The summed E-state index contributed by atoms with van der Waals surface area (Å²) in [5.41, 5.74) is 0.659. The molecule has 0 saturated carbocycles. The highest BCUT2D eigenvalue weighted by Crippen LogP contribution is 2.21. The minimum atomic E-state index is -3.96. The van der Waals surface area contributed by atoms with Crippen molar-refractivity contribution in [1.82, 2.24) is 0 Å². The number of hydrogen-bond acceptors (Lipinski definition) is 4. The Morgan fingerprint density at radius 3 is 2.79 bits per heavy atom. The molecule has 0 unspecified atom stereocenters. The van der Waals surface area contributed by atoms with Crippen molar-refractivity contribution < 1.29 is 17.0 Å². The average molecular weight is 213 g/mol. The summed E-state index contributed by atoms with van der Waals surface area (Å²) < 4.78 is 30.8. The molecule has 0 aliphatic heterocycles. The van der Waals surface area contributed by atoms with Gasteiger partial charge in [-0.1, -0.05) is 0 Å². The molecule has 0 spiro atoms.